The Hall–Kier alpha value is -2.25. The molecule has 5 heterocycles. The minimum atomic E-state index is -0.191. The molecule has 0 aliphatic carbocycles. The zero-order chi connectivity index (χ0) is 17.9. The number of amides is 2. The third-order valence-electron chi connectivity index (χ3n) is 6.42. The Morgan fingerprint density at radius 2 is 1.54 bits per heavy atom. The van der Waals surface area contributed by atoms with Gasteiger partial charge in [-0.25, -0.2) is 0 Å². The number of piperidine rings is 2. The van der Waals surface area contributed by atoms with Crippen molar-refractivity contribution in [2.45, 2.75) is 18.3 Å². The molecule has 2 unspecified atom stereocenters. The SMILES string of the molecule is N/N=C1\C2CN3CCN(C2)CC1(c1ccc(N2C(=O)CCC2=O)cc1)C3. The van der Waals surface area contributed by atoms with Gasteiger partial charge in [0.25, 0.3) is 0 Å². The number of imide groups is 1. The number of benzene rings is 1. The molecule has 0 saturated carbocycles. The van der Waals surface area contributed by atoms with Crippen molar-refractivity contribution in [2.75, 3.05) is 44.2 Å². The van der Waals surface area contributed by atoms with Crippen LogP contribution in [0.5, 0.6) is 0 Å². The zero-order valence-corrected chi connectivity index (χ0v) is 14.7. The first kappa shape index (κ1) is 16.0. The quantitative estimate of drug-likeness (QED) is 0.465. The van der Waals surface area contributed by atoms with Gasteiger partial charge in [-0.05, 0) is 17.7 Å². The maximum atomic E-state index is 12.0. The number of fused-ring (bicyclic) bond motifs is 1. The van der Waals surface area contributed by atoms with Gasteiger partial charge in [-0.15, -0.1) is 0 Å². The Balaban J connectivity index is 1.54. The number of hydrogen-bond acceptors (Lipinski definition) is 6. The van der Waals surface area contributed by atoms with Crippen molar-refractivity contribution >= 4 is 23.2 Å². The molecular weight excluding hydrogens is 330 g/mol. The van der Waals surface area contributed by atoms with Gasteiger partial charge in [0.15, 0.2) is 0 Å². The number of nitrogens with two attached hydrogens (primary N) is 1. The molecule has 0 aromatic heterocycles. The Morgan fingerprint density at radius 3 is 2.08 bits per heavy atom. The average Bonchev–Trinajstić information content (AvgIpc) is 2.79. The fourth-order valence-corrected chi connectivity index (χ4v) is 5.33. The lowest BCUT2D eigenvalue weighted by Gasteiger charge is -2.50. The number of rotatable bonds is 2. The summed E-state index contributed by atoms with van der Waals surface area (Å²) in [4.78, 5) is 30.3. The molecule has 136 valence electrons. The molecule has 7 nitrogen and oxygen atoms in total. The van der Waals surface area contributed by atoms with Crippen LogP contribution in [0, 0.1) is 5.92 Å². The summed E-state index contributed by atoms with van der Waals surface area (Å²) in [5, 5.41) is 4.25. The van der Waals surface area contributed by atoms with Gasteiger partial charge in [-0.1, -0.05) is 12.1 Å². The van der Waals surface area contributed by atoms with Crippen LogP contribution in [0.1, 0.15) is 18.4 Å². The maximum absolute atomic E-state index is 12.0. The molecule has 5 fully saturated rings. The average molecular weight is 353 g/mol. The monoisotopic (exact) mass is 353 g/mol. The second kappa shape index (κ2) is 5.62. The third kappa shape index (κ3) is 2.17. The van der Waals surface area contributed by atoms with Crippen LogP contribution in [0.25, 0.3) is 0 Å². The van der Waals surface area contributed by atoms with Crippen molar-refractivity contribution in [3.8, 4) is 0 Å². The molecule has 5 saturated heterocycles. The second-order valence-electron chi connectivity index (χ2n) is 7.93. The Kier molecular flexibility index (Phi) is 3.45. The summed E-state index contributed by atoms with van der Waals surface area (Å²) in [7, 11) is 0. The van der Waals surface area contributed by atoms with Crippen LogP contribution >= 0.6 is 0 Å². The van der Waals surface area contributed by atoms with Crippen LogP contribution in [0.2, 0.25) is 0 Å². The molecule has 5 aliphatic rings. The van der Waals surface area contributed by atoms with Crippen LogP contribution in [0.3, 0.4) is 0 Å². The van der Waals surface area contributed by atoms with E-state index in [4.69, 9.17) is 5.84 Å². The second-order valence-corrected chi connectivity index (χ2v) is 7.93. The summed E-state index contributed by atoms with van der Waals surface area (Å²) in [6.07, 6.45) is 0.611. The molecule has 1 aromatic carbocycles. The smallest absolute Gasteiger partial charge is 0.234 e. The highest BCUT2D eigenvalue weighted by Gasteiger charge is 2.53. The Bertz CT molecular complexity index is 771. The summed E-state index contributed by atoms with van der Waals surface area (Å²) in [5.41, 5.74) is 2.75. The van der Waals surface area contributed by atoms with E-state index in [0.717, 1.165) is 45.0 Å². The predicted octanol–water partition coefficient (Wildman–Crippen LogP) is 0.154. The Labute approximate surface area is 152 Å². The molecule has 7 heteroatoms. The largest absolute Gasteiger partial charge is 0.323 e. The first-order chi connectivity index (χ1) is 12.6. The van der Waals surface area contributed by atoms with Crippen molar-refractivity contribution in [3.05, 3.63) is 29.8 Å². The summed E-state index contributed by atoms with van der Waals surface area (Å²) >= 11 is 0. The van der Waals surface area contributed by atoms with E-state index in [0.29, 0.717) is 24.4 Å². The minimum absolute atomic E-state index is 0.115. The van der Waals surface area contributed by atoms with Gasteiger partial charge in [-0.3, -0.25) is 14.5 Å². The highest BCUT2D eigenvalue weighted by molar-refractivity contribution is 6.19. The molecule has 1 aromatic rings. The van der Waals surface area contributed by atoms with Crippen LogP contribution in [-0.2, 0) is 15.0 Å². The van der Waals surface area contributed by atoms with Crippen LogP contribution in [-0.4, -0.2) is 66.6 Å². The molecule has 0 spiro atoms. The van der Waals surface area contributed by atoms with E-state index in [-0.39, 0.29) is 17.2 Å². The number of hydrazone groups is 1. The molecule has 2 amide bonds. The van der Waals surface area contributed by atoms with Crippen molar-refractivity contribution in [2.24, 2.45) is 16.9 Å². The summed E-state index contributed by atoms with van der Waals surface area (Å²) in [6.45, 7) is 6.09. The van der Waals surface area contributed by atoms with Crippen molar-refractivity contribution in [3.63, 3.8) is 0 Å². The fraction of sp³-hybridized carbons (Fsp3) is 0.526. The highest BCUT2D eigenvalue weighted by Crippen LogP contribution is 2.41. The standard InChI is InChI=1S/C19H23N5O2/c20-21-18-13-9-22-7-8-23(10-13)12-19(18,11-22)14-1-3-15(4-2-14)24-16(25)5-6-17(24)26/h1-4,13H,5-12,20H2/b21-18+. The van der Waals surface area contributed by atoms with E-state index in [1.165, 1.54) is 10.5 Å². The zero-order valence-electron chi connectivity index (χ0n) is 14.7. The predicted molar refractivity (Wildman–Crippen MR) is 97.8 cm³/mol. The number of carbonyl (C=O) groups is 2. The molecule has 0 radical (unpaired) electrons. The lowest BCUT2D eigenvalue weighted by atomic mass is 9.66. The molecule has 26 heavy (non-hydrogen) atoms. The fourth-order valence-electron chi connectivity index (χ4n) is 5.33. The first-order valence-corrected chi connectivity index (χ1v) is 9.30. The topological polar surface area (TPSA) is 82.2 Å². The summed E-state index contributed by atoms with van der Waals surface area (Å²) in [5.74, 6) is 6.00. The lowest BCUT2D eigenvalue weighted by Crippen LogP contribution is -2.64. The van der Waals surface area contributed by atoms with Gasteiger partial charge in [0.05, 0.1) is 16.8 Å². The van der Waals surface area contributed by atoms with E-state index in [1.807, 2.05) is 12.1 Å². The van der Waals surface area contributed by atoms with E-state index in [2.05, 4.69) is 27.0 Å². The number of hydrogen-bond donors (Lipinski definition) is 1. The minimum Gasteiger partial charge on any atom is -0.323 e. The van der Waals surface area contributed by atoms with Crippen LogP contribution in [0.15, 0.2) is 29.4 Å². The van der Waals surface area contributed by atoms with Crippen molar-refractivity contribution in [1.82, 2.24) is 9.80 Å². The maximum Gasteiger partial charge on any atom is 0.234 e. The van der Waals surface area contributed by atoms with Gasteiger partial charge < -0.3 is 15.6 Å². The Morgan fingerprint density at radius 1 is 0.962 bits per heavy atom. The van der Waals surface area contributed by atoms with Gasteiger partial charge in [0, 0.05) is 58.0 Å². The van der Waals surface area contributed by atoms with Crippen LogP contribution in [0.4, 0.5) is 5.69 Å². The van der Waals surface area contributed by atoms with Gasteiger partial charge in [-0.2, -0.15) is 5.10 Å². The van der Waals surface area contributed by atoms with Crippen LogP contribution < -0.4 is 10.7 Å². The van der Waals surface area contributed by atoms with E-state index < -0.39 is 0 Å². The summed E-state index contributed by atoms with van der Waals surface area (Å²) < 4.78 is 0. The molecule has 2 atom stereocenters. The number of carbonyl (C=O) groups excluding carboxylic acids is 2. The van der Waals surface area contributed by atoms with E-state index >= 15 is 0 Å². The molecule has 2 N–H and O–H groups in total. The third-order valence-corrected chi connectivity index (χ3v) is 6.42. The number of nitrogens with zero attached hydrogens (tertiary/aromatic N) is 4. The highest BCUT2D eigenvalue weighted by atomic mass is 16.2. The van der Waals surface area contributed by atoms with E-state index in [1.54, 1.807) is 0 Å². The summed E-state index contributed by atoms with van der Waals surface area (Å²) in [6, 6.07) is 7.89. The lowest BCUT2D eigenvalue weighted by molar-refractivity contribution is -0.121. The van der Waals surface area contributed by atoms with Gasteiger partial charge in [0.1, 0.15) is 0 Å². The molecule has 5 aliphatic heterocycles. The van der Waals surface area contributed by atoms with Gasteiger partial charge in [0.2, 0.25) is 11.8 Å². The molecule has 4 bridgehead atoms. The molecular formula is C19H23N5O2. The molecule has 6 rings (SSSR count). The number of anilines is 1. The van der Waals surface area contributed by atoms with E-state index in [9.17, 15) is 9.59 Å². The van der Waals surface area contributed by atoms with Crippen molar-refractivity contribution < 1.29 is 9.59 Å². The van der Waals surface area contributed by atoms with Gasteiger partial charge >= 0.3 is 0 Å². The first-order valence-electron chi connectivity index (χ1n) is 9.30. The van der Waals surface area contributed by atoms with Crippen molar-refractivity contribution in [1.29, 1.82) is 0 Å². The normalized spacial score (nSPS) is 37.6.